The molecule has 2 aromatic heterocycles. The van der Waals surface area contributed by atoms with E-state index in [-0.39, 0.29) is 12.4 Å². The third-order valence-corrected chi connectivity index (χ3v) is 6.42. The number of fused-ring (bicyclic) bond motifs is 1. The number of halogens is 3. The molecule has 26 heavy (non-hydrogen) atoms. The van der Waals surface area contributed by atoms with Crippen molar-refractivity contribution < 1.29 is 0 Å². The van der Waals surface area contributed by atoms with Gasteiger partial charge in [-0.25, -0.2) is 9.97 Å². The molecule has 2 atom stereocenters. The second-order valence-electron chi connectivity index (χ2n) is 6.14. The van der Waals surface area contributed by atoms with Crippen LogP contribution in [-0.2, 0) is 6.54 Å². The molecule has 0 saturated heterocycles. The van der Waals surface area contributed by atoms with E-state index < -0.39 is 0 Å². The average Bonchev–Trinajstić information content (AvgIpc) is 3.13. The lowest BCUT2D eigenvalue weighted by Gasteiger charge is -2.30. The van der Waals surface area contributed by atoms with Gasteiger partial charge in [-0.15, -0.1) is 23.7 Å². The molecule has 0 saturated carbocycles. The first-order valence-electron chi connectivity index (χ1n) is 8.24. The van der Waals surface area contributed by atoms with E-state index in [0.717, 1.165) is 18.7 Å². The zero-order valence-corrected chi connectivity index (χ0v) is 17.0. The molecule has 0 radical (unpaired) electrons. The number of nitrogens with one attached hydrogen (secondary N) is 1. The van der Waals surface area contributed by atoms with Crippen molar-refractivity contribution in [1.29, 1.82) is 0 Å². The Kier molecular flexibility index (Phi) is 6.54. The molecule has 0 bridgehead atoms. The lowest BCUT2D eigenvalue weighted by atomic mass is 9.82. The van der Waals surface area contributed by atoms with Crippen LogP contribution in [0.2, 0.25) is 10.0 Å². The van der Waals surface area contributed by atoms with E-state index in [1.165, 1.54) is 16.0 Å². The average molecular weight is 427 g/mol. The van der Waals surface area contributed by atoms with Gasteiger partial charge >= 0.3 is 0 Å². The minimum absolute atomic E-state index is 0. The van der Waals surface area contributed by atoms with Gasteiger partial charge in [-0.3, -0.25) is 0 Å². The Labute approximate surface area is 173 Å². The molecule has 2 heterocycles. The van der Waals surface area contributed by atoms with Gasteiger partial charge in [0.25, 0.3) is 0 Å². The Morgan fingerprint density at radius 2 is 1.88 bits per heavy atom. The van der Waals surface area contributed by atoms with Gasteiger partial charge in [-0.05, 0) is 53.6 Å². The van der Waals surface area contributed by atoms with Gasteiger partial charge in [0, 0.05) is 29.2 Å². The summed E-state index contributed by atoms with van der Waals surface area (Å²) in [6.07, 6.45) is 5.71. The number of rotatable bonds is 4. The molecule has 0 amide bonds. The van der Waals surface area contributed by atoms with E-state index in [0.29, 0.717) is 28.5 Å². The summed E-state index contributed by atoms with van der Waals surface area (Å²) in [7, 11) is 0. The fraction of sp³-hybridized carbons (Fsp3) is 0.263. The van der Waals surface area contributed by atoms with E-state index in [1.807, 2.05) is 29.5 Å². The molecule has 4 rings (SSSR count). The number of thiophene rings is 1. The Bertz CT molecular complexity index is 869. The highest BCUT2D eigenvalue weighted by Gasteiger charge is 2.29. The Morgan fingerprint density at radius 1 is 1.08 bits per heavy atom. The molecule has 1 aliphatic rings. The standard InChI is InChI=1S/C19H17Cl2N3S.ClH/c20-15-4-2-12(10-16(15)21)13-3-5-17(14-6-9-25-19(13)14)24-11-18-22-7-1-8-23-18;/h1-2,4,6-10,13,17,24H,3,5,11H2;1H. The molecular weight excluding hydrogens is 409 g/mol. The van der Waals surface area contributed by atoms with E-state index in [4.69, 9.17) is 23.2 Å². The Morgan fingerprint density at radius 3 is 2.65 bits per heavy atom. The molecule has 2 unspecified atom stereocenters. The van der Waals surface area contributed by atoms with Crippen LogP contribution in [0.4, 0.5) is 0 Å². The van der Waals surface area contributed by atoms with Gasteiger partial charge in [0.05, 0.1) is 16.6 Å². The highest BCUT2D eigenvalue weighted by atomic mass is 35.5. The van der Waals surface area contributed by atoms with Crippen molar-refractivity contribution in [3.8, 4) is 0 Å². The van der Waals surface area contributed by atoms with E-state index in [1.54, 1.807) is 12.4 Å². The fourth-order valence-corrected chi connectivity index (χ4v) is 4.85. The molecule has 0 fully saturated rings. The zero-order valence-electron chi connectivity index (χ0n) is 13.9. The summed E-state index contributed by atoms with van der Waals surface area (Å²) in [5.41, 5.74) is 2.62. The first-order chi connectivity index (χ1) is 12.2. The quantitative estimate of drug-likeness (QED) is 0.554. The summed E-state index contributed by atoms with van der Waals surface area (Å²) in [4.78, 5) is 9.99. The molecule has 1 aliphatic carbocycles. The van der Waals surface area contributed by atoms with Crippen LogP contribution in [0, 0.1) is 0 Å². The summed E-state index contributed by atoms with van der Waals surface area (Å²) in [5, 5.41) is 7.01. The van der Waals surface area contributed by atoms with Crippen LogP contribution in [0.5, 0.6) is 0 Å². The van der Waals surface area contributed by atoms with Crippen molar-refractivity contribution in [3.63, 3.8) is 0 Å². The number of benzene rings is 1. The molecule has 1 aromatic carbocycles. The number of hydrogen-bond acceptors (Lipinski definition) is 4. The van der Waals surface area contributed by atoms with Crippen LogP contribution in [-0.4, -0.2) is 9.97 Å². The maximum absolute atomic E-state index is 6.23. The summed E-state index contributed by atoms with van der Waals surface area (Å²) in [6, 6.07) is 10.4. The summed E-state index contributed by atoms with van der Waals surface area (Å²) < 4.78 is 0. The predicted octanol–water partition coefficient (Wildman–Crippen LogP) is 6.02. The molecule has 0 spiro atoms. The third kappa shape index (κ3) is 4.05. The van der Waals surface area contributed by atoms with Crippen molar-refractivity contribution >= 4 is 46.9 Å². The van der Waals surface area contributed by atoms with Crippen molar-refractivity contribution in [1.82, 2.24) is 15.3 Å². The molecule has 1 N–H and O–H groups in total. The second-order valence-corrected chi connectivity index (χ2v) is 7.90. The van der Waals surface area contributed by atoms with Crippen LogP contribution in [0.1, 0.15) is 46.6 Å². The molecule has 7 heteroatoms. The highest BCUT2D eigenvalue weighted by molar-refractivity contribution is 7.10. The predicted molar refractivity (Wildman–Crippen MR) is 111 cm³/mol. The smallest absolute Gasteiger partial charge is 0.141 e. The first kappa shape index (κ1) is 19.6. The summed E-state index contributed by atoms with van der Waals surface area (Å²) >= 11 is 14.1. The fourth-order valence-electron chi connectivity index (χ4n) is 3.42. The number of nitrogens with zero attached hydrogens (tertiary/aromatic N) is 2. The molecule has 3 aromatic rings. The summed E-state index contributed by atoms with van der Waals surface area (Å²) in [6.45, 7) is 0.679. The van der Waals surface area contributed by atoms with E-state index in [2.05, 4.69) is 32.8 Å². The Hall–Kier alpha value is -1.17. The van der Waals surface area contributed by atoms with Crippen molar-refractivity contribution in [2.45, 2.75) is 31.3 Å². The first-order valence-corrected chi connectivity index (χ1v) is 9.87. The maximum Gasteiger partial charge on any atom is 0.141 e. The second kappa shape index (κ2) is 8.68. The summed E-state index contributed by atoms with van der Waals surface area (Å²) in [5.74, 6) is 1.21. The lowest BCUT2D eigenvalue weighted by Crippen LogP contribution is -2.26. The van der Waals surface area contributed by atoms with Crippen LogP contribution in [0.25, 0.3) is 0 Å². The van der Waals surface area contributed by atoms with Gasteiger partial charge < -0.3 is 5.32 Å². The maximum atomic E-state index is 6.23. The lowest BCUT2D eigenvalue weighted by molar-refractivity contribution is 0.439. The Balaban J connectivity index is 0.00000196. The van der Waals surface area contributed by atoms with E-state index in [9.17, 15) is 0 Å². The molecular formula is C19H18Cl3N3S. The zero-order chi connectivity index (χ0) is 17.2. The van der Waals surface area contributed by atoms with Gasteiger partial charge in [-0.1, -0.05) is 29.3 Å². The molecule has 3 nitrogen and oxygen atoms in total. The van der Waals surface area contributed by atoms with Gasteiger partial charge in [0.15, 0.2) is 0 Å². The number of hydrogen-bond donors (Lipinski definition) is 1. The highest BCUT2D eigenvalue weighted by Crippen LogP contribution is 2.45. The largest absolute Gasteiger partial charge is 0.303 e. The molecule has 0 aliphatic heterocycles. The van der Waals surface area contributed by atoms with Crippen LogP contribution in [0.15, 0.2) is 48.1 Å². The minimum Gasteiger partial charge on any atom is -0.303 e. The van der Waals surface area contributed by atoms with Crippen molar-refractivity contribution in [3.05, 3.63) is 80.0 Å². The van der Waals surface area contributed by atoms with Gasteiger partial charge in [0.1, 0.15) is 5.82 Å². The third-order valence-electron chi connectivity index (χ3n) is 4.63. The normalized spacial score (nSPS) is 18.8. The monoisotopic (exact) mass is 425 g/mol. The van der Waals surface area contributed by atoms with Crippen LogP contribution < -0.4 is 5.32 Å². The van der Waals surface area contributed by atoms with Gasteiger partial charge in [0.2, 0.25) is 0 Å². The van der Waals surface area contributed by atoms with Crippen molar-refractivity contribution in [2.75, 3.05) is 0 Å². The van der Waals surface area contributed by atoms with Crippen molar-refractivity contribution in [2.24, 2.45) is 0 Å². The topological polar surface area (TPSA) is 37.8 Å². The van der Waals surface area contributed by atoms with E-state index >= 15 is 0 Å². The van der Waals surface area contributed by atoms with Gasteiger partial charge in [-0.2, -0.15) is 0 Å². The van der Waals surface area contributed by atoms with Crippen LogP contribution >= 0.6 is 46.9 Å². The SMILES string of the molecule is Cl.Clc1ccc(C2CCC(NCc3ncccn3)c3ccsc32)cc1Cl. The van der Waals surface area contributed by atoms with Crippen LogP contribution in [0.3, 0.4) is 0 Å². The number of aromatic nitrogens is 2. The minimum atomic E-state index is 0. The molecule has 136 valence electrons.